The number of carbonyl (C=O) groups is 2. The van der Waals surface area contributed by atoms with Crippen molar-refractivity contribution in [1.29, 1.82) is 0 Å². The van der Waals surface area contributed by atoms with Gasteiger partial charge in [-0.1, -0.05) is 31.5 Å². The van der Waals surface area contributed by atoms with E-state index in [4.69, 9.17) is 9.84 Å². The van der Waals surface area contributed by atoms with Crippen molar-refractivity contribution in [3.8, 4) is 0 Å². The van der Waals surface area contributed by atoms with Crippen LogP contribution in [0, 0.1) is 5.82 Å². The lowest BCUT2D eigenvalue weighted by atomic mass is 10.0. The third-order valence-electron chi connectivity index (χ3n) is 2.68. The van der Waals surface area contributed by atoms with E-state index in [0.29, 0.717) is 0 Å². The number of unbranched alkanes of at least 4 members (excludes halogenated alkanes) is 1. The number of aliphatic carboxylic acids is 1. The monoisotopic (exact) mass is 283 g/mol. The van der Waals surface area contributed by atoms with Crippen molar-refractivity contribution in [3.63, 3.8) is 0 Å². The number of benzene rings is 1. The number of hydrogen-bond acceptors (Lipinski definition) is 3. The lowest BCUT2D eigenvalue weighted by Crippen LogP contribution is -2.31. The second-order valence-corrected chi connectivity index (χ2v) is 4.31. The number of amides is 1. The van der Waals surface area contributed by atoms with Crippen molar-refractivity contribution in [2.45, 2.75) is 32.2 Å². The van der Waals surface area contributed by atoms with E-state index >= 15 is 0 Å². The average Bonchev–Trinajstić information content (AvgIpc) is 2.38. The molecule has 6 heteroatoms. The Bertz CT molecular complexity index is 464. The van der Waals surface area contributed by atoms with Gasteiger partial charge in [0.15, 0.2) is 0 Å². The molecule has 0 radical (unpaired) electrons. The maximum atomic E-state index is 13.7. The van der Waals surface area contributed by atoms with Crippen molar-refractivity contribution in [2.24, 2.45) is 0 Å². The summed E-state index contributed by atoms with van der Waals surface area (Å²) in [6.07, 6.45) is 0.438. The molecule has 0 aliphatic heterocycles. The molecular formula is C14H18FNO4. The Morgan fingerprint density at radius 1 is 1.40 bits per heavy atom. The summed E-state index contributed by atoms with van der Waals surface area (Å²) in [6, 6.07) is 4.78. The number of ether oxygens (including phenoxy) is 1. The van der Waals surface area contributed by atoms with Crippen LogP contribution in [0.1, 0.15) is 37.8 Å². The molecule has 0 bridgehead atoms. The second-order valence-electron chi connectivity index (χ2n) is 4.31. The molecule has 0 aliphatic carbocycles. The molecule has 0 heterocycles. The number of hydrogen-bond donors (Lipinski definition) is 2. The van der Waals surface area contributed by atoms with Crippen LogP contribution < -0.4 is 5.32 Å². The summed E-state index contributed by atoms with van der Waals surface area (Å²) < 4.78 is 18.6. The first kappa shape index (κ1) is 15.9. The number of nitrogens with one attached hydrogen (secondary N) is 1. The van der Waals surface area contributed by atoms with Crippen LogP contribution in [-0.2, 0) is 9.53 Å². The van der Waals surface area contributed by atoms with Gasteiger partial charge in [-0.2, -0.15) is 0 Å². The first-order chi connectivity index (χ1) is 9.54. The molecule has 1 unspecified atom stereocenters. The van der Waals surface area contributed by atoms with Crippen LogP contribution in [0.2, 0.25) is 0 Å². The Balaban J connectivity index is 2.72. The van der Waals surface area contributed by atoms with E-state index in [-0.39, 0.29) is 12.2 Å². The first-order valence-electron chi connectivity index (χ1n) is 6.44. The highest BCUT2D eigenvalue weighted by Gasteiger charge is 2.21. The molecule has 2 N–H and O–H groups in total. The maximum absolute atomic E-state index is 13.7. The van der Waals surface area contributed by atoms with E-state index in [0.717, 1.165) is 12.8 Å². The average molecular weight is 283 g/mol. The fourth-order valence-corrected chi connectivity index (χ4v) is 1.66. The number of carboxylic acid groups (broad SMARTS) is 1. The lowest BCUT2D eigenvalue weighted by molar-refractivity contribution is -0.137. The summed E-state index contributed by atoms with van der Waals surface area (Å²) >= 11 is 0. The molecule has 0 aromatic heterocycles. The molecule has 0 saturated carbocycles. The summed E-state index contributed by atoms with van der Waals surface area (Å²) in [5, 5.41) is 11.2. The van der Waals surface area contributed by atoms with Crippen LogP contribution in [0.3, 0.4) is 0 Å². The van der Waals surface area contributed by atoms with Crippen LogP contribution in [0.4, 0.5) is 9.18 Å². The summed E-state index contributed by atoms with van der Waals surface area (Å²) in [5.41, 5.74) is 0.127. The van der Waals surface area contributed by atoms with E-state index in [1.165, 1.54) is 18.2 Å². The van der Waals surface area contributed by atoms with E-state index in [1.54, 1.807) is 6.07 Å². The minimum absolute atomic E-state index is 0.127. The van der Waals surface area contributed by atoms with Crippen LogP contribution in [-0.4, -0.2) is 23.8 Å². The van der Waals surface area contributed by atoms with Crippen LogP contribution in [0.5, 0.6) is 0 Å². The van der Waals surface area contributed by atoms with Gasteiger partial charge in [-0.3, -0.25) is 4.79 Å². The fraction of sp³-hybridized carbons (Fsp3) is 0.429. The molecule has 0 saturated heterocycles. The fourth-order valence-electron chi connectivity index (χ4n) is 1.66. The smallest absolute Gasteiger partial charge is 0.407 e. The highest BCUT2D eigenvalue weighted by Crippen LogP contribution is 2.20. The number of alkyl carbamates (subject to hydrolysis) is 1. The zero-order valence-corrected chi connectivity index (χ0v) is 11.3. The first-order valence-corrected chi connectivity index (χ1v) is 6.44. The Hall–Kier alpha value is -2.11. The Kier molecular flexibility index (Phi) is 6.49. The summed E-state index contributed by atoms with van der Waals surface area (Å²) in [7, 11) is 0. The van der Waals surface area contributed by atoms with Crippen LogP contribution in [0.25, 0.3) is 0 Å². The SMILES string of the molecule is CCCCOC(=O)NC(CC(=O)O)c1ccccc1F. The van der Waals surface area contributed by atoms with Crippen molar-refractivity contribution in [2.75, 3.05) is 6.61 Å². The van der Waals surface area contributed by atoms with Crippen LogP contribution >= 0.6 is 0 Å². The number of carbonyl (C=O) groups excluding carboxylic acids is 1. The molecule has 1 atom stereocenters. The molecule has 0 spiro atoms. The molecule has 1 aromatic carbocycles. The Morgan fingerprint density at radius 3 is 2.70 bits per heavy atom. The van der Waals surface area contributed by atoms with Gasteiger partial charge in [0.05, 0.1) is 19.1 Å². The largest absolute Gasteiger partial charge is 0.481 e. The highest BCUT2D eigenvalue weighted by molar-refractivity contribution is 5.72. The number of rotatable bonds is 7. The third-order valence-corrected chi connectivity index (χ3v) is 2.68. The van der Waals surface area contributed by atoms with Crippen molar-refractivity contribution in [1.82, 2.24) is 5.32 Å². The Labute approximate surface area is 116 Å². The molecule has 0 aliphatic rings. The van der Waals surface area contributed by atoms with Gasteiger partial charge in [0.25, 0.3) is 0 Å². The zero-order chi connectivity index (χ0) is 15.0. The minimum atomic E-state index is -1.13. The normalized spacial score (nSPS) is 11.7. The molecule has 20 heavy (non-hydrogen) atoms. The summed E-state index contributed by atoms with van der Waals surface area (Å²) in [4.78, 5) is 22.4. The van der Waals surface area contributed by atoms with Gasteiger partial charge in [-0.05, 0) is 12.5 Å². The van der Waals surface area contributed by atoms with Gasteiger partial charge in [-0.15, -0.1) is 0 Å². The Morgan fingerprint density at radius 2 is 2.10 bits per heavy atom. The summed E-state index contributed by atoms with van der Waals surface area (Å²) in [6.45, 7) is 2.20. The van der Waals surface area contributed by atoms with Gasteiger partial charge in [-0.25, -0.2) is 9.18 Å². The second kappa shape index (κ2) is 8.14. The lowest BCUT2D eigenvalue weighted by Gasteiger charge is -2.17. The maximum Gasteiger partial charge on any atom is 0.407 e. The zero-order valence-electron chi connectivity index (χ0n) is 11.3. The molecule has 1 aromatic rings. The minimum Gasteiger partial charge on any atom is -0.481 e. The molecular weight excluding hydrogens is 265 g/mol. The van der Waals surface area contributed by atoms with Crippen molar-refractivity contribution in [3.05, 3.63) is 35.6 Å². The van der Waals surface area contributed by atoms with Gasteiger partial charge in [0, 0.05) is 5.56 Å². The third kappa shape index (κ3) is 5.26. The molecule has 0 fully saturated rings. The molecule has 5 nitrogen and oxygen atoms in total. The van der Waals surface area contributed by atoms with E-state index in [9.17, 15) is 14.0 Å². The number of carboxylic acids is 1. The van der Waals surface area contributed by atoms with Gasteiger partial charge in [0.2, 0.25) is 0 Å². The van der Waals surface area contributed by atoms with E-state index < -0.39 is 30.3 Å². The molecule has 1 rings (SSSR count). The predicted octanol–water partition coefficient (Wildman–Crippen LogP) is 2.87. The topological polar surface area (TPSA) is 75.6 Å². The standard InChI is InChI=1S/C14H18FNO4/c1-2-3-8-20-14(19)16-12(9-13(17)18)10-6-4-5-7-11(10)15/h4-7,12H,2-3,8-9H2,1H3,(H,16,19)(H,17,18). The van der Waals surface area contributed by atoms with Gasteiger partial charge < -0.3 is 15.2 Å². The highest BCUT2D eigenvalue weighted by atomic mass is 19.1. The van der Waals surface area contributed by atoms with Crippen LogP contribution in [0.15, 0.2) is 24.3 Å². The predicted molar refractivity (Wildman–Crippen MR) is 70.8 cm³/mol. The van der Waals surface area contributed by atoms with Crippen molar-refractivity contribution < 1.29 is 23.8 Å². The quantitative estimate of drug-likeness (QED) is 0.754. The van der Waals surface area contributed by atoms with Gasteiger partial charge in [0.1, 0.15) is 5.82 Å². The molecule has 110 valence electrons. The number of halogens is 1. The van der Waals surface area contributed by atoms with Crippen molar-refractivity contribution >= 4 is 12.1 Å². The van der Waals surface area contributed by atoms with Gasteiger partial charge >= 0.3 is 12.1 Å². The van der Waals surface area contributed by atoms with E-state index in [2.05, 4.69) is 5.32 Å². The molecule has 1 amide bonds. The van der Waals surface area contributed by atoms with E-state index in [1.807, 2.05) is 6.92 Å². The summed E-state index contributed by atoms with van der Waals surface area (Å²) in [5.74, 6) is -1.69.